The Morgan fingerprint density at radius 1 is 1.29 bits per heavy atom. The van der Waals surface area contributed by atoms with E-state index in [4.69, 9.17) is 4.74 Å². The van der Waals surface area contributed by atoms with Crippen molar-refractivity contribution in [2.45, 2.75) is 52.1 Å². The average Bonchev–Trinajstić information content (AvgIpc) is 2.40. The number of hydrogen-bond donors (Lipinski definition) is 1. The molecular formula is C15H22O2. The summed E-state index contributed by atoms with van der Waals surface area (Å²) in [6.07, 6.45) is 1.33. The molecule has 0 saturated carbocycles. The number of benzene rings is 1. The molecule has 1 heterocycles. The molecule has 1 aromatic carbocycles. The fourth-order valence-corrected chi connectivity index (χ4v) is 2.45. The second-order valence-electron chi connectivity index (χ2n) is 5.93. The number of rotatable bonds is 0. The van der Waals surface area contributed by atoms with Crippen LogP contribution < -0.4 is 4.74 Å². The van der Waals surface area contributed by atoms with Gasteiger partial charge in [0.1, 0.15) is 5.75 Å². The largest absolute Gasteiger partial charge is 0.493 e. The third-order valence-electron chi connectivity index (χ3n) is 3.42. The van der Waals surface area contributed by atoms with Gasteiger partial charge >= 0.3 is 0 Å². The van der Waals surface area contributed by atoms with E-state index in [0.717, 1.165) is 29.7 Å². The molecule has 0 amide bonds. The smallest absolute Gasteiger partial charge is 0.129 e. The van der Waals surface area contributed by atoms with Crippen molar-refractivity contribution in [1.82, 2.24) is 0 Å². The van der Waals surface area contributed by atoms with Crippen LogP contribution >= 0.6 is 0 Å². The van der Waals surface area contributed by atoms with Gasteiger partial charge in [-0.2, -0.15) is 0 Å². The van der Waals surface area contributed by atoms with Crippen LogP contribution in [0.25, 0.3) is 0 Å². The molecule has 0 unspecified atom stereocenters. The fourth-order valence-electron chi connectivity index (χ4n) is 2.45. The average molecular weight is 234 g/mol. The van der Waals surface area contributed by atoms with Gasteiger partial charge in [-0.25, -0.2) is 0 Å². The molecule has 2 heteroatoms. The molecule has 0 aromatic heterocycles. The van der Waals surface area contributed by atoms with Crippen LogP contribution in [-0.4, -0.2) is 11.7 Å². The Labute approximate surface area is 104 Å². The summed E-state index contributed by atoms with van der Waals surface area (Å²) >= 11 is 0. The molecule has 0 saturated heterocycles. The van der Waals surface area contributed by atoms with Crippen LogP contribution in [-0.2, 0) is 5.41 Å². The quantitative estimate of drug-likeness (QED) is 0.744. The molecule has 1 aromatic rings. The molecule has 1 N–H and O–H groups in total. The van der Waals surface area contributed by atoms with E-state index in [1.165, 1.54) is 5.56 Å². The molecule has 0 radical (unpaired) electrons. The lowest BCUT2D eigenvalue weighted by Gasteiger charge is -2.25. The number of aliphatic hydroxyl groups is 1. The lowest BCUT2D eigenvalue weighted by Crippen LogP contribution is -2.15. The maximum atomic E-state index is 10.2. The summed E-state index contributed by atoms with van der Waals surface area (Å²) in [6, 6.07) is 4.23. The van der Waals surface area contributed by atoms with E-state index < -0.39 is 0 Å². The summed E-state index contributed by atoms with van der Waals surface area (Å²) in [6.45, 7) is 9.29. The van der Waals surface area contributed by atoms with E-state index in [-0.39, 0.29) is 11.5 Å². The predicted octanol–water partition coefficient (Wildman–Crippen LogP) is 3.50. The number of ether oxygens (including phenoxy) is 1. The minimum absolute atomic E-state index is 0.0435. The number of aryl methyl sites for hydroxylation is 1. The van der Waals surface area contributed by atoms with Gasteiger partial charge < -0.3 is 9.84 Å². The number of fused-ring (bicyclic) bond motifs is 1. The molecule has 0 aliphatic carbocycles. The molecule has 1 aliphatic rings. The van der Waals surface area contributed by atoms with Gasteiger partial charge in [-0.3, -0.25) is 0 Å². The van der Waals surface area contributed by atoms with E-state index in [0.29, 0.717) is 6.61 Å². The third kappa shape index (κ3) is 2.32. The summed E-state index contributed by atoms with van der Waals surface area (Å²) in [4.78, 5) is 0. The molecule has 2 rings (SSSR count). The normalized spacial score (nSPS) is 20.4. The van der Waals surface area contributed by atoms with Crippen LogP contribution in [0.2, 0.25) is 0 Å². The van der Waals surface area contributed by atoms with Crippen molar-refractivity contribution in [3.8, 4) is 5.75 Å². The Morgan fingerprint density at radius 2 is 2.00 bits per heavy atom. The van der Waals surface area contributed by atoms with Gasteiger partial charge in [0.05, 0.1) is 12.7 Å². The topological polar surface area (TPSA) is 29.5 Å². The molecule has 2 nitrogen and oxygen atoms in total. The second kappa shape index (κ2) is 4.34. The molecule has 0 fully saturated rings. The summed E-state index contributed by atoms with van der Waals surface area (Å²) < 4.78 is 5.90. The first-order valence-corrected chi connectivity index (χ1v) is 6.36. The Bertz CT molecular complexity index is 416. The zero-order valence-corrected chi connectivity index (χ0v) is 11.2. The van der Waals surface area contributed by atoms with Crippen molar-refractivity contribution in [2.24, 2.45) is 0 Å². The summed E-state index contributed by atoms with van der Waals surface area (Å²) in [5.74, 6) is 0.919. The van der Waals surface area contributed by atoms with Crippen molar-refractivity contribution < 1.29 is 9.84 Å². The van der Waals surface area contributed by atoms with Crippen molar-refractivity contribution in [2.75, 3.05) is 6.61 Å². The first kappa shape index (κ1) is 12.4. The molecule has 17 heavy (non-hydrogen) atoms. The van der Waals surface area contributed by atoms with Crippen LogP contribution in [0.5, 0.6) is 5.75 Å². The fraction of sp³-hybridized carbons (Fsp3) is 0.600. The zero-order chi connectivity index (χ0) is 12.6. The van der Waals surface area contributed by atoms with E-state index in [1.807, 2.05) is 6.92 Å². The van der Waals surface area contributed by atoms with Crippen molar-refractivity contribution in [3.05, 3.63) is 28.8 Å². The highest BCUT2D eigenvalue weighted by Crippen LogP contribution is 2.41. The van der Waals surface area contributed by atoms with Gasteiger partial charge in [0, 0.05) is 5.56 Å². The third-order valence-corrected chi connectivity index (χ3v) is 3.42. The summed E-state index contributed by atoms with van der Waals surface area (Å²) in [5.41, 5.74) is 3.36. The Hall–Kier alpha value is -1.02. The zero-order valence-electron chi connectivity index (χ0n) is 11.2. The number of hydrogen-bond acceptors (Lipinski definition) is 2. The highest BCUT2D eigenvalue weighted by molar-refractivity contribution is 5.50. The molecule has 1 aliphatic heterocycles. The van der Waals surface area contributed by atoms with Gasteiger partial charge in [-0.15, -0.1) is 0 Å². The Morgan fingerprint density at radius 3 is 2.65 bits per heavy atom. The van der Waals surface area contributed by atoms with Crippen molar-refractivity contribution >= 4 is 0 Å². The van der Waals surface area contributed by atoms with Crippen LogP contribution in [0, 0.1) is 6.92 Å². The highest BCUT2D eigenvalue weighted by atomic mass is 16.5. The molecular weight excluding hydrogens is 212 g/mol. The molecule has 94 valence electrons. The van der Waals surface area contributed by atoms with E-state index in [2.05, 4.69) is 32.9 Å². The highest BCUT2D eigenvalue weighted by Gasteiger charge is 2.27. The maximum Gasteiger partial charge on any atom is 0.129 e. The lowest BCUT2D eigenvalue weighted by atomic mass is 9.83. The predicted molar refractivity (Wildman–Crippen MR) is 69.6 cm³/mol. The Balaban J connectivity index is 2.62. The van der Waals surface area contributed by atoms with Crippen molar-refractivity contribution in [3.63, 3.8) is 0 Å². The van der Waals surface area contributed by atoms with E-state index in [1.54, 1.807) is 0 Å². The molecule has 1 atom stereocenters. The first-order valence-electron chi connectivity index (χ1n) is 6.36. The SMILES string of the molecule is Cc1ccc(C(C)(C)C)c2c1[C@H](O)CCCO2. The lowest BCUT2D eigenvalue weighted by molar-refractivity contribution is 0.167. The van der Waals surface area contributed by atoms with Gasteiger partial charge in [0.15, 0.2) is 0 Å². The van der Waals surface area contributed by atoms with Gasteiger partial charge in [0.2, 0.25) is 0 Å². The van der Waals surface area contributed by atoms with Crippen LogP contribution in [0.3, 0.4) is 0 Å². The summed E-state index contributed by atoms with van der Waals surface area (Å²) in [7, 11) is 0. The van der Waals surface area contributed by atoms with E-state index in [9.17, 15) is 5.11 Å². The standard InChI is InChI=1S/C15H22O2/c1-10-7-8-11(15(2,3)4)14-13(10)12(16)6-5-9-17-14/h7-8,12,16H,5-6,9H2,1-4H3/t12-/m1/s1. The molecule has 0 bridgehead atoms. The molecule has 0 spiro atoms. The monoisotopic (exact) mass is 234 g/mol. The van der Waals surface area contributed by atoms with E-state index >= 15 is 0 Å². The Kier molecular flexibility index (Phi) is 3.17. The van der Waals surface area contributed by atoms with Crippen LogP contribution in [0.15, 0.2) is 12.1 Å². The van der Waals surface area contributed by atoms with Gasteiger partial charge in [-0.1, -0.05) is 32.9 Å². The first-order chi connectivity index (χ1) is 7.91. The minimum Gasteiger partial charge on any atom is -0.493 e. The van der Waals surface area contributed by atoms with Gasteiger partial charge in [-0.05, 0) is 36.3 Å². The maximum absolute atomic E-state index is 10.2. The van der Waals surface area contributed by atoms with Crippen molar-refractivity contribution in [1.29, 1.82) is 0 Å². The summed E-state index contributed by atoms with van der Waals surface area (Å²) in [5, 5.41) is 10.2. The van der Waals surface area contributed by atoms with Crippen LogP contribution in [0.4, 0.5) is 0 Å². The van der Waals surface area contributed by atoms with Crippen LogP contribution in [0.1, 0.15) is 56.4 Å². The minimum atomic E-state index is -0.380. The van der Waals surface area contributed by atoms with Gasteiger partial charge in [0.25, 0.3) is 0 Å². The number of aliphatic hydroxyl groups excluding tert-OH is 1. The second-order valence-corrected chi connectivity index (χ2v) is 5.93.